The van der Waals surface area contributed by atoms with Gasteiger partial charge in [0, 0.05) is 11.3 Å². The average Bonchev–Trinajstić information content (AvgIpc) is 3.07. The second-order valence-corrected chi connectivity index (χ2v) is 6.85. The summed E-state index contributed by atoms with van der Waals surface area (Å²) in [5, 5.41) is 5.01. The van der Waals surface area contributed by atoms with E-state index in [9.17, 15) is 9.18 Å². The van der Waals surface area contributed by atoms with Gasteiger partial charge in [-0.05, 0) is 41.8 Å². The number of anilines is 1. The molecular formula is C18H12Cl2FNO2S. The Morgan fingerprint density at radius 1 is 1.12 bits per heavy atom. The van der Waals surface area contributed by atoms with Gasteiger partial charge in [-0.15, -0.1) is 11.3 Å². The molecule has 0 saturated heterocycles. The van der Waals surface area contributed by atoms with Crippen molar-refractivity contribution in [3.63, 3.8) is 0 Å². The summed E-state index contributed by atoms with van der Waals surface area (Å²) in [5.41, 5.74) is 1.28. The fraction of sp³-hybridized carbons (Fsp3) is 0.0556. The van der Waals surface area contributed by atoms with Crippen molar-refractivity contribution in [2.45, 2.75) is 6.61 Å². The van der Waals surface area contributed by atoms with Gasteiger partial charge in [-0.25, -0.2) is 4.39 Å². The number of benzene rings is 2. The second kappa shape index (κ2) is 7.87. The molecule has 128 valence electrons. The number of hydrogen-bond donors (Lipinski definition) is 1. The highest BCUT2D eigenvalue weighted by atomic mass is 35.5. The first-order valence-corrected chi connectivity index (χ1v) is 8.87. The number of ether oxygens (including phenoxy) is 1. The third-order valence-corrected chi connectivity index (χ3v) is 4.87. The maximum atomic E-state index is 13.1. The van der Waals surface area contributed by atoms with E-state index in [1.807, 2.05) is 17.5 Å². The predicted molar refractivity (Wildman–Crippen MR) is 99.5 cm³/mol. The van der Waals surface area contributed by atoms with Gasteiger partial charge in [-0.1, -0.05) is 35.3 Å². The summed E-state index contributed by atoms with van der Waals surface area (Å²) in [6, 6.07) is 12.9. The normalized spacial score (nSPS) is 10.5. The Kier molecular flexibility index (Phi) is 5.58. The predicted octanol–water partition coefficient (Wildman–Crippen LogP) is 6.03. The van der Waals surface area contributed by atoms with Crippen LogP contribution in [0.15, 0.2) is 53.9 Å². The van der Waals surface area contributed by atoms with Crippen molar-refractivity contribution in [3.8, 4) is 5.75 Å². The van der Waals surface area contributed by atoms with Gasteiger partial charge < -0.3 is 10.1 Å². The van der Waals surface area contributed by atoms with Crippen LogP contribution < -0.4 is 10.1 Å². The van der Waals surface area contributed by atoms with Gasteiger partial charge in [0.25, 0.3) is 5.91 Å². The molecule has 0 aliphatic carbocycles. The molecule has 7 heteroatoms. The number of amides is 1. The molecule has 1 heterocycles. The van der Waals surface area contributed by atoms with Crippen molar-refractivity contribution in [2.24, 2.45) is 0 Å². The van der Waals surface area contributed by atoms with E-state index in [1.54, 1.807) is 18.2 Å². The Morgan fingerprint density at radius 2 is 1.92 bits per heavy atom. The number of carbonyl (C=O) groups is 1. The number of para-hydroxylation sites is 1. The number of hydrogen-bond acceptors (Lipinski definition) is 3. The van der Waals surface area contributed by atoms with Crippen molar-refractivity contribution < 1.29 is 13.9 Å². The Morgan fingerprint density at radius 3 is 2.68 bits per heavy atom. The van der Waals surface area contributed by atoms with Gasteiger partial charge in [0.1, 0.15) is 18.2 Å². The average molecular weight is 396 g/mol. The highest BCUT2D eigenvalue weighted by Gasteiger charge is 2.11. The van der Waals surface area contributed by atoms with Gasteiger partial charge in [-0.2, -0.15) is 0 Å². The molecule has 1 amide bonds. The maximum Gasteiger partial charge on any atom is 0.265 e. The van der Waals surface area contributed by atoms with E-state index < -0.39 is 5.82 Å². The van der Waals surface area contributed by atoms with E-state index in [2.05, 4.69) is 5.32 Å². The highest BCUT2D eigenvalue weighted by Crippen LogP contribution is 2.25. The van der Waals surface area contributed by atoms with Crippen molar-refractivity contribution in [1.29, 1.82) is 0 Å². The minimum Gasteiger partial charge on any atom is -0.487 e. The molecule has 0 atom stereocenters. The molecule has 1 N–H and O–H groups in total. The topological polar surface area (TPSA) is 38.3 Å². The van der Waals surface area contributed by atoms with Crippen molar-refractivity contribution in [2.75, 3.05) is 5.32 Å². The summed E-state index contributed by atoms with van der Waals surface area (Å²) in [5.74, 6) is -0.242. The van der Waals surface area contributed by atoms with E-state index in [-0.39, 0.29) is 10.9 Å². The molecule has 3 rings (SSSR count). The first-order chi connectivity index (χ1) is 12.0. The zero-order valence-electron chi connectivity index (χ0n) is 12.8. The molecule has 0 unspecified atom stereocenters. The van der Waals surface area contributed by atoms with Gasteiger partial charge in [-0.3, -0.25) is 4.79 Å². The van der Waals surface area contributed by atoms with Gasteiger partial charge >= 0.3 is 0 Å². The summed E-state index contributed by atoms with van der Waals surface area (Å²) in [4.78, 5) is 12.8. The molecule has 1 aromatic heterocycles. The molecule has 0 bridgehead atoms. The Bertz CT molecular complexity index is 914. The monoisotopic (exact) mass is 395 g/mol. The largest absolute Gasteiger partial charge is 0.487 e. The minimum atomic E-state index is -0.533. The van der Waals surface area contributed by atoms with Crippen LogP contribution in [0.3, 0.4) is 0 Å². The van der Waals surface area contributed by atoms with Crippen molar-refractivity contribution in [1.82, 2.24) is 0 Å². The minimum absolute atomic E-state index is 0.0437. The van der Waals surface area contributed by atoms with E-state index in [4.69, 9.17) is 27.9 Å². The van der Waals surface area contributed by atoms with Crippen LogP contribution in [0.25, 0.3) is 0 Å². The molecule has 0 aliphatic rings. The lowest BCUT2D eigenvalue weighted by Gasteiger charge is -2.06. The molecule has 3 aromatic rings. The van der Waals surface area contributed by atoms with Crippen molar-refractivity contribution >= 4 is 46.1 Å². The van der Waals surface area contributed by atoms with E-state index in [1.165, 1.54) is 29.5 Å². The van der Waals surface area contributed by atoms with Crippen LogP contribution in [0, 0.1) is 5.82 Å². The zero-order valence-corrected chi connectivity index (χ0v) is 15.1. The SMILES string of the molecule is O=C(Nc1ccc(F)c(Cl)c1)c1cc(COc2ccccc2Cl)cs1. The van der Waals surface area contributed by atoms with Crippen LogP contribution in [-0.2, 0) is 6.61 Å². The van der Waals surface area contributed by atoms with Crippen LogP contribution in [0.5, 0.6) is 5.75 Å². The fourth-order valence-electron chi connectivity index (χ4n) is 2.06. The summed E-state index contributed by atoms with van der Waals surface area (Å²) in [6.07, 6.45) is 0. The maximum absolute atomic E-state index is 13.1. The molecule has 0 spiro atoms. The van der Waals surface area contributed by atoms with Crippen LogP contribution in [-0.4, -0.2) is 5.91 Å². The van der Waals surface area contributed by atoms with E-state index in [0.717, 1.165) is 5.56 Å². The summed E-state index contributed by atoms with van der Waals surface area (Å²) >= 11 is 13.0. The number of rotatable bonds is 5. The Balaban J connectivity index is 1.63. The van der Waals surface area contributed by atoms with Crippen molar-refractivity contribution in [3.05, 3.63) is 80.2 Å². The molecule has 0 fully saturated rings. The van der Waals surface area contributed by atoms with Crippen LogP contribution >= 0.6 is 34.5 Å². The van der Waals surface area contributed by atoms with Crippen LogP contribution in [0.4, 0.5) is 10.1 Å². The summed E-state index contributed by atoms with van der Waals surface area (Å²) < 4.78 is 18.8. The lowest BCUT2D eigenvalue weighted by Crippen LogP contribution is -2.10. The molecule has 25 heavy (non-hydrogen) atoms. The summed E-state index contributed by atoms with van der Waals surface area (Å²) in [6.45, 7) is 0.301. The van der Waals surface area contributed by atoms with Gasteiger partial charge in [0.2, 0.25) is 0 Å². The molecule has 3 nitrogen and oxygen atoms in total. The molecule has 0 aliphatic heterocycles. The van der Waals surface area contributed by atoms with Gasteiger partial charge in [0.15, 0.2) is 0 Å². The van der Waals surface area contributed by atoms with Crippen LogP contribution in [0.1, 0.15) is 15.2 Å². The zero-order chi connectivity index (χ0) is 17.8. The molecule has 0 saturated carbocycles. The van der Waals surface area contributed by atoms with E-state index >= 15 is 0 Å². The lowest BCUT2D eigenvalue weighted by molar-refractivity contribution is 0.103. The Labute approximate surface area is 158 Å². The first-order valence-electron chi connectivity index (χ1n) is 7.24. The first kappa shape index (κ1) is 17.7. The highest BCUT2D eigenvalue weighted by molar-refractivity contribution is 7.12. The molecule has 0 radical (unpaired) electrons. The van der Waals surface area contributed by atoms with E-state index in [0.29, 0.717) is 27.9 Å². The quantitative estimate of drug-likeness (QED) is 0.572. The lowest BCUT2D eigenvalue weighted by atomic mass is 10.3. The number of nitrogens with one attached hydrogen (secondary N) is 1. The van der Waals surface area contributed by atoms with Gasteiger partial charge in [0.05, 0.1) is 14.9 Å². The third kappa shape index (κ3) is 4.51. The number of thiophene rings is 1. The standard InChI is InChI=1S/C18H12Cl2FNO2S/c19-13-3-1-2-4-16(13)24-9-11-7-17(25-10-11)18(23)22-12-5-6-15(21)14(20)8-12/h1-8,10H,9H2,(H,22,23). The molecular weight excluding hydrogens is 384 g/mol. The third-order valence-electron chi connectivity index (χ3n) is 3.29. The smallest absolute Gasteiger partial charge is 0.265 e. The molecule has 2 aromatic carbocycles. The number of carbonyl (C=O) groups excluding carboxylic acids is 1. The fourth-order valence-corrected chi connectivity index (χ4v) is 3.22. The summed E-state index contributed by atoms with van der Waals surface area (Å²) in [7, 11) is 0. The number of halogens is 3. The van der Waals surface area contributed by atoms with Crippen LogP contribution in [0.2, 0.25) is 10.0 Å². The second-order valence-electron chi connectivity index (χ2n) is 5.12. The Hall–Kier alpha value is -2.08.